The highest BCUT2D eigenvalue weighted by Crippen LogP contribution is 2.35. The molecule has 0 aliphatic heterocycles. The van der Waals surface area contributed by atoms with Crippen molar-refractivity contribution in [2.75, 3.05) is 0 Å². The fourth-order valence-electron chi connectivity index (χ4n) is 3.89. The standard InChI is InChI=1S/C25H24N6/c1-25(2,27)24-30-29-23-20-14-19(17-6-4-3-5-7-17)22(28-21(20)12-13-31(23)24)18-10-8-16(15-26)9-11-18/h3-14H,15,26-27H2,1-2H3. The first-order chi connectivity index (χ1) is 15.0. The third-order valence-corrected chi connectivity index (χ3v) is 5.49. The highest BCUT2D eigenvalue weighted by atomic mass is 15.3. The van der Waals surface area contributed by atoms with E-state index >= 15 is 0 Å². The summed E-state index contributed by atoms with van der Waals surface area (Å²) in [4.78, 5) is 5.06. The van der Waals surface area contributed by atoms with E-state index in [9.17, 15) is 0 Å². The van der Waals surface area contributed by atoms with Crippen LogP contribution >= 0.6 is 0 Å². The van der Waals surface area contributed by atoms with E-state index in [1.807, 2.05) is 60.8 Å². The Morgan fingerprint density at radius 2 is 1.65 bits per heavy atom. The Labute approximate surface area is 180 Å². The third kappa shape index (κ3) is 3.36. The van der Waals surface area contributed by atoms with Crippen molar-refractivity contribution in [1.82, 2.24) is 19.6 Å². The normalized spacial score (nSPS) is 12.0. The van der Waals surface area contributed by atoms with Gasteiger partial charge in [0.15, 0.2) is 11.5 Å². The minimum absolute atomic E-state index is 0.516. The molecule has 0 spiro atoms. The molecule has 0 fully saturated rings. The van der Waals surface area contributed by atoms with Gasteiger partial charge < -0.3 is 11.5 Å². The Hall–Kier alpha value is -3.61. The summed E-state index contributed by atoms with van der Waals surface area (Å²) < 4.78 is 1.95. The Morgan fingerprint density at radius 3 is 2.32 bits per heavy atom. The zero-order valence-corrected chi connectivity index (χ0v) is 17.6. The van der Waals surface area contributed by atoms with Crippen LogP contribution in [0.1, 0.15) is 25.2 Å². The van der Waals surface area contributed by atoms with Crippen LogP contribution in [0.2, 0.25) is 0 Å². The van der Waals surface area contributed by atoms with Crippen molar-refractivity contribution in [2.24, 2.45) is 11.5 Å². The maximum Gasteiger partial charge on any atom is 0.170 e. The largest absolute Gasteiger partial charge is 0.326 e. The first-order valence-corrected chi connectivity index (χ1v) is 10.3. The number of aromatic nitrogens is 4. The maximum atomic E-state index is 6.31. The summed E-state index contributed by atoms with van der Waals surface area (Å²) >= 11 is 0. The average molecular weight is 409 g/mol. The molecule has 0 saturated heterocycles. The molecule has 31 heavy (non-hydrogen) atoms. The molecule has 0 amide bonds. The van der Waals surface area contributed by atoms with Crippen molar-refractivity contribution in [3.63, 3.8) is 0 Å². The molecule has 0 unspecified atom stereocenters. The second kappa shape index (κ2) is 7.27. The molecule has 2 aromatic carbocycles. The Morgan fingerprint density at radius 1 is 0.903 bits per heavy atom. The summed E-state index contributed by atoms with van der Waals surface area (Å²) in [7, 11) is 0. The molecule has 3 heterocycles. The van der Waals surface area contributed by atoms with Gasteiger partial charge in [-0.2, -0.15) is 0 Å². The van der Waals surface area contributed by atoms with E-state index in [4.69, 9.17) is 16.5 Å². The fraction of sp³-hybridized carbons (Fsp3) is 0.160. The molecular formula is C25H24N6. The lowest BCUT2D eigenvalue weighted by molar-refractivity contribution is 0.508. The van der Waals surface area contributed by atoms with Gasteiger partial charge in [-0.1, -0.05) is 54.6 Å². The molecule has 6 heteroatoms. The summed E-state index contributed by atoms with van der Waals surface area (Å²) in [5, 5.41) is 9.76. The SMILES string of the molecule is CC(C)(N)c1nnc2c3cc(-c4ccccc4)c(-c4ccc(CN)cc4)nc3ccn12. The first-order valence-electron chi connectivity index (χ1n) is 10.3. The molecule has 5 aromatic rings. The van der Waals surface area contributed by atoms with Crippen LogP contribution in [0.4, 0.5) is 0 Å². The molecule has 0 saturated carbocycles. The highest BCUT2D eigenvalue weighted by molar-refractivity contribution is 5.98. The molecule has 0 atom stereocenters. The zero-order chi connectivity index (χ0) is 21.6. The van der Waals surface area contributed by atoms with Crippen LogP contribution in [0.15, 0.2) is 72.9 Å². The number of nitrogens with zero attached hydrogens (tertiary/aromatic N) is 4. The molecule has 0 aliphatic rings. The maximum absolute atomic E-state index is 6.31. The monoisotopic (exact) mass is 408 g/mol. The second-order valence-electron chi connectivity index (χ2n) is 8.34. The molecule has 0 radical (unpaired) electrons. The van der Waals surface area contributed by atoms with Crippen molar-refractivity contribution in [3.8, 4) is 22.4 Å². The molecule has 3 aromatic heterocycles. The number of hydrogen-bond acceptors (Lipinski definition) is 5. The van der Waals surface area contributed by atoms with E-state index in [2.05, 4.69) is 40.5 Å². The van der Waals surface area contributed by atoms with E-state index in [1.165, 1.54) is 0 Å². The minimum Gasteiger partial charge on any atom is -0.326 e. The number of rotatable bonds is 4. The van der Waals surface area contributed by atoms with Crippen LogP contribution in [0.5, 0.6) is 0 Å². The van der Waals surface area contributed by atoms with Gasteiger partial charge in [-0.05, 0) is 37.1 Å². The van der Waals surface area contributed by atoms with Crippen molar-refractivity contribution in [3.05, 3.63) is 84.3 Å². The number of pyridine rings is 2. The molecule has 4 N–H and O–H groups in total. The second-order valence-corrected chi connectivity index (χ2v) is 8.34. The van der Waals surface area contributed by atoms with E-state index in [0.717, 1.165) is 44.5 Å². The van der Waals surface area contributed by atoms with E-state index in [1.54, 1.807) is 0 Å². The summed E-state index contributed by atoms with van der Waals surface area (Å²) in [5.41, 5.74) is 18.3. The van der Waals surface area contributed by atoms with Crippen LogP contribution in [-0.4, -0.2) is 19.6 Å². The number of benzene rings is 2. The summed E-state index contributed by atoms with van der Waals surface area (Å²) in [6.45, 7) is 4.37. The molecular weight excluding hydrogens is 384 g/mol. The van der Waals surface area contributed by atoms with Crippen molar-refractivity contribution in [1.29, 1.82) is 0 Å². The fourth-order valence-corrected chi connectivity index (χ4v) is 3.89. The predicted molar refractivity (Wildman–Crippen MR) is 124 cm³/mol. The molecule has 5 rings (SSSR count). The van der Waals surface area contributed by atoms with Crippen LogP contribution in [0, 0.1) is 0 Å². The van der Waals surface area contributed by atoms with Gasteiger partial charge in [0, 0.05) is 29.3 Å². The molecule has 6 nitrogen and oxygen atoms in total. The van der Waals surface area contributed by atoms with Gasteiger partial charge >= 0.3 is 0 Å². The van der Waals surface area contributed by atoms with E-state index in [-0.39, 0.29) is 0 Å². The van der Waals surface area contributed by atoms with Crippen LogP contribution < -0.4 is 11.5 Å². The zero-order valence-electron chi connectivity index (χ0n) is 17.6. The highest BCUT2D eigenvalue weighted by Gasteiger charge is 2.23. The summed E-state index contributed by atoms with van der Waals surface area (Å²) in [6, 6.07) is 22.7. The van der Waals surface area contributed by atoms with Gasteiger partial charge in [0.1, 0.15) is 0 Å². The number of fused-ring (bicyclic) bond motifs is 3. The van der Waals surface area contributed by atoms with E-state index < -0.39 is 5.54 Å². The lowest BCUT2D eigenvalue weighted by Crippen LogP contribution is -2.31. The Balaban J connectivity index is 1.81. The van der Waals surface area contributed by atoms with Crippen LogP contribution in [0.3, 0.4) is 0 Å². The molecule has 154 valence electrons. The van der Waals surface area contributed by atoms with Gasteiger partial charge in [-0.3, -0.25) is 4.40 Å². The quantitative estimate of drug-likeness (QED) is 0.463. The van der Waals surface area contributed by atoms with Gasteiger partial charge in [0.2, 0.25) is 0 Å². The topological polar surface area (TPSA) is 95.1 Å². The van der Waals surface area contributed by atoms with Gasteiger partial charge in [-0.15, -0.1) is 10.2 Å². The van der Waals surface area contributed by atoms with Gasteiger partial charge in [-0.25, -0.2) is 4.98 Å². The summed E-state index contributed by atoms with van der Waals surface area (Å²) in [6.07, 6.45) is 1.94. The molecule has 0 bridgehead atoms. The van der Waals surface area contributed by atoms with Crippen LogP contribution in [0.25, 0.3) is 38.9 Å². The van der Waals surface area contributed by atoms with E-state index in [0.29, 0.717) is 12.4 Å². The van der Waals surface area contributed by atoms with Crippen molar-refractivity contribution >= 4 is 16.6 Å². The Kier molecular flexibility index (Phi) is 4.54. The van der Waals surface area contributed by atoms with Gasteiger partial charge in [0.05, 0.1) is 16.7 Å². The average Bonchev–Trinajstić information content (AvgIpc) is 3.24. The lowest BCUT2D eigenvalue weighted by atomic mass is 9.97. The number of hydrogen-bond donors (Lipinski definition) is 2. The summed E-state index contributed by atoms with van der Waals surface area (Å²) in [5.74, 6) is 0.715. The number of nitrogens with two attached hydrogens (primary N) is 2. The van der Waals surface area contributed by atoms with Crippen molar-refractivity contribution < 1.29 is 0 Å². The minimum atomic E-state index is -0.604. The predicted octanol–water partition coefficient (Wildman–Crippen LogP) is 4.26. The van der Waals surface area contributed by atoms with Crippen molar-refractivity contribution in [2.45, 2.75) is 25.9 Å². The smallest absolute Gasteiger partial charge is 0.170 e. The molecule has 0 aliphatic carbocycles. The third-order valence-electron chi connectivity index (χ3n) is 5.49. The Bertz CT molecular complexity index is 1380. The van der Waals surface area contributed by atoms with Gasteiger partial charge in [0.25, 0.3) is 0 Å². The van der Waals surface area contributed by atoms with Crippen LogP contribution in [-0.2, 0) is 12.1 Å². The lowest BCUT2D eigenvalue weighted by Gasteiger charge is -2.16. The first kappa shape index (κ1) is 19.4.